The predicted molar refractivity (Wildman–Crippen MR) is 73.4 cm³/mol. The van der Waals surface area contributed by atoms with Crippen LogP contribution in [-0.4, -0.2) is 29.8 Å². The first-order chi connectivity index (χ1) is 8.65. The highest BCUT2D eigenvalue weighted by molar-refractivity contribution is 5.39. The summed E-state index contributed by atoms with van der Waals surface area (Å²) in [6.45, 7) is 6.11. The molecule has 0 aromatic carbocycles. The van der Waals surface area contributed by atoms with Crippen molar-refractivity contribution in [1.82, 2.24) is 10.3 Å². The van der Waals surface area contributed by atoms with Crippen molar-refractivity contribution < 1.29 is 4.74 Å². The van der Waals surface area contributed by atoms with Gasteiger partial charge in [0.25, 0.3) is 0 Å². The highest BCUT2D eigenvalue weighted by Gasteiger charge is 2.38. The zero-order valence-electron chi connectivity index (χ0n) is 11.3. The minimum absolute atomic E-state index is 0.0850. The van der Waals surface area contributed by atoms with Crippen molar-refractivity contribution in [2.24, 2.45) is 0 Å². The third-order valence-corrected chi connectivity index (χ3v) is 3.79. The summed E-state index contributed by atoms with van der Waals surface area (Å²) < 4.78 is 5.94. The van der Waals surface area contributed by atoms with Gasteiger partial charge in [-0.05, 0) is 44.4 Å². The second kappa shape index (κ2) is 5.67. The SMILES string of the molecule is CCNC(Cc1cccnc1N)C1(C)CCCO1. The molecule has 2 atom stereocenters. The number of pyridine rings is 1. The molecule has 1 aliphatic rings. The fourth-order valence-corrected chi connectivity index (χ4v) is 2.67. The summed E-state index contributed by atoms with van der Waals surface area (Å²) in [5.74, 6) is 0.627. The number of ether oxygens (including phenoxy) is 1. The molecule has 4 heteroatoms. The van der Waals surface area contributed by atoms with Gasteiger partial charge in [0.1, 0.15) is 5.82 Å². The van der Waals surface area contributed by atoms with Crippen molar-refractivity contribution >= 4 is 5.82 Å². The maximum Gasteiger partial charge on any atom is 0.126 e. The fraction of sp³-hybridized carbons (Fsp3) is 0.643. The third kappa shape index (κ3) is 2.82. The first-order valence-electron chi connectivity index (χ1n) is 6.72. The molecule has 1 saturated heterocycles. The Morgan fingerprint density at radius 1 is 1.61 bits per heavy atom. The van der Waals surface area contributed by atoms with E-state index in [-0.39, 0.29) is 11.6 Å². The second-order valence-corrected chi connectivity index (χ2v) is 5.13. The lowest BCUT2D eigenvalue weighted by molar-refractivity contribution is -0.0110. The summed E-state index contributed by atoms with van der Waals surface area (Å²) >= 11 is 0. The number of nitrogens with two attached hydrogens (primary N) is 1. The van der Waals surface area contributed by atoms with Crippen molar-refractivity contribution in [1.29, 1.82) is 0 Å². The Hall–Kier alpha value is -1.13. The quantitative estimate of drug-likeness (QED) is 0.834. The van der Waals surface area contributed by atoms with Gasteiger partial charge >= 0.3 is 0 Å². The van der Waals surface area contributed by atoms with Gasteiger partial charge in [0.05, 0.1) is 5.60 Å². The van der Waals surface area contributed by atoms with E-state index in [1.807, 2.05) is 12.1 Å². The topological polar surface area (TPSA) is 60.2 Å². The molecule has 100 valence electrons. The molecule has 0 radical (unpaired) electrons. The zero-order chi connectivity index (χ0) is 13.0. The van der Waals surface area contributed by atoms with Crippen LogP contribution in [0.2, 0.25) is 0 Å². The third-order valence-electron chi connectivity index (χ3n) is 3.79. The van der Waals surface area contributed by atoms with Crippen LogP contribution in [0.3, 0.4) is 0 Å². The summed E-state index contributed by atoms with van der Waals surface area (Å²) in [5, 5.41) is 3.53. The van der Waals surface area contributed by atoms with Gasteiger partial charge in [-0.2, -0.15) is 0 Å². The van der Waals surface area contributed by atoms with E-state index in [1.165, 1.54) is 0 Å². The molecule has 2 unspecified atom stereocenters. The van der Waals surface area contributed by atoms with Crippen LogP contribution >= 0.6 is 0 Å². The van der Waals surface area contributed by atoms with Crippen molar-refractivity contribution in [2.45, 2.75) is 44.8 Å². The molecule has 2 rings (SSSR count). The Balaban J connectivity index is 2.13. The lowest BCUT2D eigenvalue weighted by Crippen LogP contribution is -2.49. The number of likely N-dealkylation sites (N-methyl/N-ethyl adjacent to an activating group) is 1. The van der Waals surface area contributed by atoms with Crippen LogP contribution in [0.15, 0.2) is 18.3 Å². The number of nitrogens with zero attached hydrogens (tertiary/aromatic N) is 1. The molecule has 1 aliphatic heterocycles. The molecule has 0 spiro atoms. The van der Waals surface area contributed by atoms with E-state index >= 15 is 0 Å². The van der Waals surface area contributed by atoms with E-state index in [0.717, 1.165) is 38.0 Å². The number of nitrogen functional groups attached to an aromatic ring is 1. The smallest absolute Gasteiger partial charge is 0.126 e. The molecule has 3 N–H and O–H groups in total. The van der Waals surface area contributed by atoms with Gasteiger partial charge in [0.2, 0.25) is 0 Å². The van der Waals surface area contributed by atoms with Crippen molar-refractivity contribution in [3.8, 4) is 0 Å². The van der Waals surface area contributed by atoms with E-state index in [9.17, 15) is 0 Å². The maximum absolute atomic E-state index is 5.94. The maximum atomic E-state index is 5.94. The van der Waals surface area contributed by atoms with Gasteiger partial charge in [-0.25, -0.2) is 4.98 Å². The molecule has 2 heterocycles. The molecular formula is C14H23N3O. The Morgan fingerprint density at radius 3 is 3.06 bits per heavy atom. The first-order valence-corrected chi connectivity index (χ1v) is 6.72. The van der Waals surface area contributed by atoms with Gasteiger partial charge in [-0.15, -0.1) is 0 Å². The predicted octanol–water partition coefficient (Wildman–Crippen LogP) is 1.75. The summed E-state index contributed by atoms with van der Waals surface area (Å²) in [7, 11) is 0. The lowest BCUT2D eigenvalue weighted by atomic mass is 9.88. The van der Waals surface area contributed by atoms with Crippen LogP contribution in [0.5, 0.6) is 0 Å². The number of anilines is 1. The van der Waals surface area contributed by atoms with Gasteiger partial charge in [-0.3, -0.25) is 0 Å². The standard InChI is InChI=1S/C14H23N3O/c1-3-16-12(14(2)7-5-9-18-14)10-11-6-4-8-17-13(11)15/h4,6,8,12,16H,3,5,7,9-10H2,1-2H3,(H2,15,17). The van der Waals surface area contributed by atoms with Gasteiger partial charge in [0, 0.05) is 18.8 Å². The number of rotatable bonds is 5. The molecule has 0 saturated carbocycles. The van der Waals surface area contributed by atoms with Crippen molar-refractivity contribution in [3.05, 3.63) is 23.9 Å². The molecule has 0 bridgehead atoms. The molecule has 1 fully saturated rings. The molecule has 0 aliphatic carbocycles. The molecule has 18 heavy (non-hydrogen) atoms. The van der Waals surface area contributed by atoms with Crippen LogP contribution in [0.1, 0.15) is 32.3 Å². The number of nitrogens with one attached hydrogen (secondary N) is 1. The average molecular weight is 249 g/mol. The molecule has 4 nitrogen and oxygen atoms in total. The van der Waals surface area contributed by atoms with E-state index < -0.39 is 0 Å². The van der Waals surface area contributed by atoms with Crippen LogP contribution in [-0.2, 0) is 11.2 Å². The van der Waals surface area contributed by atoms with E-state index in [4.69, 9.17) is 10.5 Å². The largest absolute Gasteiger partial charge is 0.383 e. The highest BCUT2D eigenvalue weighted by atomic mass is 16.5. The Morgan fingerprint density at radius 2 is 2.44 bits per heavy atom. The summed E-state index contributed by atoms with van der Waals surface area (Å²) in [6.07, 6.45) is 4.84. The van der Waals surface area contributed by atoms with Crippen molar-refractivity contribution in [3.63, 3.8) is 0 Å². The van der Waals surface area contributed by atoms with Gasteiger partial charge < -0.3 is 15.8 Å². The molecular weight excluding hydrogens is 226 g/mol. The highest BCUT2D eigenvalue weighted by Crippen LogP contribution is 2.30. The van der Waals surface area contributed by atoms with Crippen LogP contribution in [0, 0.1) is 0 Å². The van der Waals surface area contributed by atoms with Gasteiger partial charge in [-0.1, -0.05) is 13.0 Å². The molecule has 1 aromatic rings. The summed E-state index contributed by atoms with van der Waals surface area (Å²) in [6, 6.07) is 4.27. The van der Waals surface area contributed by atoms with E-state index in [1.54, 1.807) is 6.20 Å². The Bertz CT molecular complexity index is 388. The minimum atomic E-state index is -0.0850. The summed E-state index contributed by atoms with van der Waals surface area (Å²) in [4.78, 5) is 4.15. The number of hydrogen-bond donors (Lipinski definition) is 2. The molecule has 1 aromatic heterocycles. The zero-order valence-corrected chi connectivity index (χ0v) is 11.3. The average Bonchev–Trinajstić information content (AvgIpc) is 2.79. The minimum Gasteiger partial charge on any atom is -0.383 e. The Kier molecular flexibility index (Phi) is 4.19. The fourth-order valence-electron chi connectivity index (χ4n) is 2.67. The number of hydrogen-bond acceptors (Lipinski definition) is 4. The van der Waals surface area contributed by atoms with E-state index in [0.29, 0.717) is 5.82 Å². The lowest BCUT2D eigenvalue weighted by Gasteiger charge is -2.34. The van der Waals surface area contributed by atoms with Gasteiger partial charge in [0.15, 0.2) is 0 Å². The first kappa shape index (κ1) is 13.3. The Labute approximate surface area is 109 Å². The van der Waals surface area contributed by atoms with Crippen LogP contribution in [0.4, 0.5) is 5.82 Å². The normalized spacial score (nSPS) is 25.2. The van der Waals surface area contributed by atoms with Crippen molar-refractivity contribution in [2.75, 3.05) is 18.9 Å². The second-order valence-electron chi connectivity index (χ2n) is 5.13. The van der Waals surface area contributed by atoms with Crippen LogP contribution < -0.4 is 11.1 Å². The monoisotopic (exact) mass is 249 g/mol. The summed E-state index contributed by atoms with van der Waals surface area (Å²) in [5.41, 5.74) is 6.94. The van der Waals surface area contributed by atoms with Crippen LogP contribution in [0.25, 0.3) is 0 Å². The number of aromatic nitrogens is 1. The molecule has 0 amide bonds. The van der Waals surface area contributed by atoms with E-state index in [2.05, 4.69) is 24.1 Å².